The van der Waals surface area contributed by atoms with E-state index < -0.39 is 0 Å². The van der Waals surface area contributed by atoms with Crippen LogP contribution in [-0.2, 0) is 6.42 Å². The molecule has 1 heterocycles. The van der Waals surface area contributed by atoms with Gasteiger partial charge in [-0.05, 0) is 48.7 Å². The Morgan fingerprint density at radius 3 is 2.62 bits per heavy atom. The van der Waals surface area contributed by atoms with Crippen LogP contribution in [0.2, 0.25) is 0 Å². The molecule has 26 heavy (non-hydrogen) atoms. The van der Waals surface area contributed by atoms with Crippen molar-refractivity contribution in [1.29, 1.82) is 0 Å². The summed E-state index contributed by atoms with van der Waals surface area (Å²) in [4.78, 5) is 0. The Bertz CT molecular complexity index is 860. The summed E-state index contributed by atoms with van der Waals surface area (Å²) in [5, 5.41) is 11.7. The van der Waals surface area contributed by atoms with E-state index in [1.807, 2.05) is 30.3 Å². The Morgan fingerprint density at radius 1 is 1.04 bits per heavy atom. The zero-order chi connectivity index (χ0) is 18.2. The molecule has 3 aromatic rings. The van der Waals surface area contributed by atoms with Crippen molar-refractivity contribution >= 4 is 6.21 Å². The van der Waals surface area contributed by atoms with Crippen LogP contribution >= 0.6 is 0 Å². The number of benzene rings is 2. The quantitative estimate of drug-likeness (QED) is 0.461. The molecular weight excluding hydrogens is 328 g/mol. The summed E-state index contributed by atoms with van der Waals surface area (Å²) in [6.07, 6.45) is 5.77. The van der Waals surface area contributed by atoms with Crippen LogP contribution < -0.4 is 9.47 Å². The first-order valence-electron chi connectivity index (χ1n) is 8.59. The van der Waals surface area contributed by atoms with Gasteiger partial charge in [-0.2, -0.15) is 5.10 Å². The van der Waals surface area contributed by atoms with E-state index in [2.05, 4.69) is 41.3 Å². The lowest BCUT2D eigenvalue weighted by Crippen LogP contribution is -2.10. The second kappa shape index (κ2) is 8.80. The molecule has 0 saturated heterocycles. The molecule has 0 unspecified atom stereocenters. The van der Waals surface area contributed by atoms with Gasteiger partial charge in [0.1, 0.15) is 37.4 Å². The average Bonchev–Trinajstić information content (AvgIpc) is 3.17. The maximum Gasteiger partial charge on any atom is 0.141 e. The molecule has 0 amide bonds. The third kappa shape index (κ3) is 4.92. The molecule has 3 rings (SSSR count). The summed E-state index contributed by atoms with van der Waals surface area (Å²) >= 11 is 0. The molecule has 6 nitrogen and oxygen atoms in total. The van der Waals surface area contributed by atoms with Crippen LogP contribution in [0.25, 0.3) is 0 Å². The first kappa shape index (κ1) is 17.7. The fourth-order valence-electron chi connectivity index (χ4n) is 2.53. The topological polar surface area (TPSA) is 61.5 Å². The van der Waals surface area contributed by atoms with Crippen molar-refractivity contribution in [3.05, 3.63) is 71.8 Å². The van der Waals surface area contributed by atoms with Crippen LogP contribution in [0.5, 0.6) is 11.5 Å². The molecule has 6 heteroatoms. The number of para-hydroxylation sites is 1. The van der Waals surface area contributed by atoms with Gasteiger partial charge in [-0.3, -0.25) is 0 Å². The molecule has 1 aromatic heterocycles. The SMILES string of the molecule is CCc1cc(C)cc(OCCOc2ccccc2/C=N/n2cnnc2)c1. The molecule has 2 aromatic carbocycles. The van der Waals surface area contributed by atoms with Gasteiger partial charge in [-0.25, -0.2) is 4.68 Å². The van der Waals surface area contributed by atoms with Gasteiger partial charge in [0.2, 0.25) is 0 Å². The Balaban J connectivity index is 1.56. The lowest BCUT2D eigenvalue weighted by atomic mass is 10.1. The van der Waals surface area contributed by atoms with Gasteiger partial charge < -0.3 is 9.47 Å². The van der Waals surface area contributed by atoms with Gasteiger partial charge in [0, 0.05) is 5.56 Å². The molecule has 0 bridgehead atoms. The molecule has 0 N–H and O–H groups in total. The number of ether oxygens (including phenoxy) is 2. The monoisotopic (exact) mass is 350 g/mol. The van der Waals surface area contributed by atoms with Crippen LogP contribution in [0.4, 0.5) is 0 Å². The van der Waals surface area contributed by atoms with Gasteiger partial charge in [-0.1, -0.05) is 25.1 Å². The van der Waals surface area contributed by atoms with Gasteiger partial charge in [0.05, 0.1) is 6.21 Å². The van der Waals surface area contributed by atoms with Gasteiger partial charge in [-0.15, -0.1) is 10.2 Å². The summed E-state index contributed by atoms with van der Waals surface area (Å²) in [6.45, 7) is 5.14. The van der Waals surface area contributed by atoms with E-state index in [1.54, 1.807) is 6.21 Å². The highest BCUT2D eigenvalue weighted by atomic mass is 16.5. The van der Waals surface area contributed by atoms with Crippen molar-refractivity contribution in [1.82, 2.24) is 14.9 Å². The minimum Gasteiger partial charge on any atom is -0.490 e. The van der Waals surface area contributed by atoms with Crippen LogP contribution in [-0.4, -0.2) is 34.3 Å². The molecule has 0 radical (unpaired) electrons. The number of hydrogen-bond donors (Lipinski definition) is 0. The third-order valence-electron chi connectivity index (χ3n) is 3.78. The summed E-state index contributed by atoms with van der Waals surface area (Å²) in [6, 6.07) is 14.0. The van der Waals surface area contributed by atoms with E-state index in [0.717, 1.165) is 23.5 Å². The maximum atomic E-state index is 5.86. The van der Waals surface area contributed by atoms with Crippen molar-refractivity contribution in [3.63, 3.8) is 0 Å². The van der Waals surface area contributed by atoms with Crippen LogP contribution in [0.3, 0.4) is 0 Å². The Hall–Kier alpha value is -3.15. The lowest BCUT2D eigenvalue weighted by Gasteiger charge is -2.11. The number of nitrogens with zero attached hydrogens (tertiary/aromatic N) is 4. The van der Waals surface area contributed by atoms with E-state index in [0.29, 0.717) is 13.2 Å². The lowest BCUT2D eigenvalue weighted by molar-refractivity contribution is 0.217. The molecule has 0 aliphatic carbocycles. The van der Waals surface area contributed by atoms with Crippen molar-refractivity contribution in [2.24, 2.45) is 5.10 Å². The standard InChI is InChI=1S/C20H22N4O2/c1-3-17-10-16(2)11-19(12-17)25-8-9-26-20-7-5-4-6-18(20)13-23-24-14-21-22-15-24/h4-7,10-15H,3,8-9H2,1-2H3/b23-13+. The molecule has 0 atom stereocenters. The summed E-state index contributed by atoms with van der Waals surface area (Å²) in [5.74, 6) is 1.64. The van der Waals surface area contributed by atoms with Crippen LogP contribution in [0.15, 0.2) is 60.2 Å². The normalized spacial score (nSPS) is 11.0. The fraction of sp³-hybridized carbons (Fsp3) is 0.250. The Labute approximate surface area is 153 Å². The van der Waals surface area contributed by atoms with Gasteiger partial charge in [0.15, 0.2) is 0 Å². The van der Waals surface area contributed by atoms with Crippen molar-refractivity contribution in [2.45, 2.75) is 20.3 Å². The Kier molecular flexibility index (Phi) is 5.98. The smallest absolute Gasteiger partial charge is 0.141 e. The highest BCUT2D eigenvalue weighted by Crippen LogP contribution is 2.18. The zero-order valence-corrected chi connectivity index (χ0v) is 15.0. The van der Waals surface area contributed by atoms with Crippen molar-refractivity contribution in [3.8, 4) is 11.5 Å². The van der Waals surface area contributed by atoms with E-state index in [4.69, 9.17) is 9.47 Å². The minimum atomic E-state index is 0.451. The second-order valence-corrected chi connectivity index (χ2v) is 5.83. The highest BCUT2D eigenvalue weighted by molar-refractivity contribution is 5.83. The molecule has 0 aliphatic rings. The van der Waals surface area contributed by atoms with Gasteiger partial charge in [0.25, 0.3) is 0 Å². The molecule has 0 fully saturated rings. The number of rotatable bonds is 8. The van der Waals surface area contributed by atoms with E-state index in [9.17, 15) is 0 Å². The Morgan fingerprint density at radius 2 is 1.81 bits per heavy atom. The predicted octanol–water partition coefficient (Wildman–Crippen LogP) is 3.49. The molecule has 0 aliphatic heterocycles. The summed E-state index contributed by atoms with van der Waals surface area (Å²) in [5.41, 5.74) is 3.36. The highest BCUT2D eigenvalue weighted by Gasteiger charge is 2.02. The van der Waals surface area contributed by atoms with E-state index >= 15 is 0 Å². The van der Waals surface area contributed by atoms with Crippen LogP contribution in [0.1, 0.15) is 23.6 Å². The van der Waals surface area contributed by atoms with Crippen molar-refractivity contribution < 1.29 is 9.47 Å². The first-order valence-corrected chi connectivity index (χ1v) is 8.59. The molecule has 134 valence electrons. The zero-order valence-electron chi connectivity index (χ0n) is 15.0. The van der Waals surface area contributed by atoms with Crippen molar-refractivity contribution in [2.75, 3.05) is 13.2 Å². The molecule has 0 spiro atoms. The minimum absolute atomic E-state index is 0.451. The predicted molar refractivity (Wildman–Crippen MR) is 101 cm³/mol. The second-order valence-electron chi connectivity index (χ2n) is 5.83. The number of hydrogen-bond acceptors (Lipinski definition) is 5. The van der Waals surface area contributed by atoms with Gasteiger partial charge >= 0.3 is 0 Å². The molecular formula is C20H22N4O2. The summed E-state index contributed by atoms with van der Waals surface area (Å²) in [7, 11) is 0. The average molecular weight is 350 g/mol. The summed E-state index contributed by atoms with van der Waals surface area (Å²) < 4.78 is 13.2. The van der Waals surface area contributed by atoms with E-state index in [1.165, 1.54) is 28.5 Å². The van der Waals surface area contributed by atoms with E-state index in [-0.39, 0.29) is 0 Å². The van der Waals surface area contributed by atoms with Crippen LogP contribution in [0, 0.1) is 6.92 Å². The number of aryl methyl sites for hydroxylation is 2. The number of aromatic nitrogens is 3. The molecule has 0 saturated carbocycles. The fourth-order valence-corrected chi connectivity index (χ4v) is 2.53. The first-order chi connectivity index (χ1) is 12.7. The largest absolute Gasteiger partial charge is 0.490 e. The maximum absolute atomic E-state index is 5.86. The third-order valence-corrected chi connectivity index (χ3v) is 3.78.